The summed E-state index contributed by atoms with van der Waals surface area (Å²) >= 11 is 0. The third kappa shape index (κ3) is 4.09. The van der Waals surface area contributed by atoms with Crippen molar-refractivity contribution in [2.75, 3.05) is 4.81 Å². The molecule has 1 aliphatic heterocycles. The summed E-state index contributed by atoms with van der Waals surface area (Å²) in [7, 11) is 0. The Morgan fingerprint density at radius 1 is 0.549 bits per heavy atom. The number of furan rings is 1. The molecule has 0 unspecified atom stereocenters. The summed E-state index contributed by atoms with van der Waals surface area (Å²) in [5.74, 6) is 0.563. The van der Waals surface area contributed by atoms with E-state index >= 15 is 0 Å². The largest absolute Gasteiger partial charge is 0.455 e. The van der Waals surface area contributed by atoms with Crippen molar-refractivity contribution >= 4 is 83.8 Å². The molecular weight excluding hydrogens is 621 g/mol. The van der Waals surface area contributed by atoms with Crippen molar-refractivity contribution < 1.29 is 5.79 Å². The summed E-state index contributed by atoms with van der Waals surface area (Å²) < 4.78 is 16.6. The molecule has 51 heavy (non-hydrogen) atoms. The average molecular weight is 651 g/mol. The smallest absolute Gasteiger partial charge is 0.332 e. The highest BCUT2D eigenvalue weighted by Gasteiger charge is 2.42. The van der Waals surface area contributed by atoms with Crippen LogP contribution in [0.25, 0.3) is 76.8 Å². The van der Waals surface area contributed by atoms with Crippen molar-refractivity contribution in [1.82, 2.24) is 9.97 Å². The Labute approximate surface area is 295 Å². The number of hydrogen-bond donors (Lipinski definition) is 0. The first-order chi connectivity index (χ1) is 25.7. The lowest BCUT2D eigenvalue weighted by Crippen LogP contribution is -2.58. The highest BCUT2D eigenvalue weighted by molar-refractivity contribution is 6.91. The van der Waals surface area contributed by atoms with Crippen LogP contribution < -0.4 is 15.7 Å². The Bertz CT molecular complexity index is 3050. The molecule has 2 aromatic heterocycles. The number of aromatic nitrogens is 2. The van der Waals surface area contributed by atoms with Gasteiger partial charge in [0.05, 0.1) is 23.7 Å². The zero-order valence-electron chi connectivity index (χ0n) is 28.4. The number of anilines is 2. The van der Waals surface area contributed by atoms with Crippen LogP contribution in [0.15, 0.2) is 174 Å². The molecule has 0 saturated heterocycles. The predicted octanol–water partition coefficient (Wildman–Crippen LogP) is 10.4. The van der Waals surface area contributed by atoms with Crippen LogP contribution in [0, 0.1) is 0 Å². The molecule has 0 fully saturated rings. The second-order valence-electron chi connectivity index (χ2n) is 13.2. The van der Waals surface area contributed by atoms with E-state index in [1.807, 2.05) is 42.5 Å². The molecule has 4 nitrogen and oxygen atoms in total. The zero-order chi connectivity index (χ0) is 34.3. The van der Waals surface area contributed by atoms with E-state index in [9.17, 15) is 1.37 Å². The average Bonchev–Trinajstić information content (AvgIpc) is 3.60. The molecule has 0 spiro atoms. The lowest BCUT2D eigenvalue weighted by molar-refractivity contribution is 0.672. The number of nitrogens with zero attached hydrogens (tertiary/aromatic N) is 3. The van der Waals surface area contributed by atoms with Crippen LogP contribution in [-0.2, 0) is 0 Å². The lowest BCUT2D eigenvalue weighted by atomic mass is 9.45. The third-order valence-electron chi connectivity index (χ3n) is 10.4. The van der Waals surface area contributed by atoms with Crippen LogP contribution >= 0.6 is 0 Å². The Hall–Kier alpha value is -6.72. The minimum atomic E-state index is -0.427. The first-order valence-electron chi connectivity index (χ1n) is 17.8. The highest BCUT2D eigenvalue weighted by atomic mass is 16.3. The Kier molecular flexibility index (Phi) is 5.80. The van der Waals surface area contributed by atoms with Crippen molar-refractivity contribution in [1.29, 1.82) is 0 Å². The molecule has 0 N–H and O–H groups in total. The molecule has 0 bridgehead atoms. The van der Waals surface area contributed by atoms with E-state index in [1.54, 1.807) is 0 Å². The van der Waals surface area contributed by atoms with E-state index in [4.69, 9.17) is 14.4 Å². The molecular formula is C46H28BN3O. The van der Waals surface area contributed by atoms with Gasteiger partial charge in [0.25, 0.3) is 0 Å². The molecule has 0 amide bonds. The van der Waals surface area contributed by atoms with Crippen molar-refractivity contribution in [3.05, 3.63) is 170 Å². The van der Waals surface area contributed by atoms with Crippen LogP contribution in [0.5, 0.6) is 0 Å². The Balaban J connectivity index is 1.40. The molecule has 0 atom stereocenters. The van der Waals surface area contributed by atoms with Gasteiger partial charge in [0, 0.05) is 27.3 Å². The lowest BCUT2D eigenvalue weighted by Gasteiger charge is -2.39. The monoisotopic (exact) mass is 650 g/mol. The standard InChI is InChI=1S/C46H28BN3O/c1-3-16-30(17-4-1)43-35-23-11-13-25-38(35)48-46(49-43)50-44-41(33-21-9-10-22-34(33)45-42(44)36-24-12-14-26-39(36)51-45)40-32-20-8-7-15-29(32)27-28-37(40)47(50)31-18-5-2-6-19-31/h1-28H/i28D. The van der Waals surface area contributed by atoms with Gasteiger partial charge in [0.15, 0.2) is 0 Å². The van der Waals surface area contributed by atoms with Gasteiger partial charge in [-0.15, -0.1) is 0 Å². The first kappa shape index (κ1) is 27.1. The van der Waals surface area contributed by atoms with Crippen molar-refractivity contribution in [2.45, 2.75) is 0 Å². The minimum Gasteiger partial charge on any atom is -0.455 e. The molecule has 1 aliphatic rings. The maximum Gasteiger partial charge on any atom is 0.332 e. The summed E-state index contributed by atoms with van der Waals surface area (Å²) in [6, 6.07) is 56.9. The van der Waals surface area contributed by atoms with Crippen LogP contribution in [0.2, 0.25) is 0 Å². The fraction of sp³-hybridized carbons (Fsp3) is 0. The van der Waals surface area contributed by atoms with Gasteiger partial charge < -0.3 is 9.23 Å². The summed E-state index contributed by atoms with van der Waals surface area (Å²) in [5.41, 5.74) is 9.44. The molecule has 0 saturated carbocycles. The van der Waals surface area contributed by atoms with Gasteiger partial charge in [0.2, 0.25) is 5.95 Å². The maximum atomic E-state index is 9.80. The first-order valence-corrected chi connectivity index (χ1v) is 17.3. The second-order valence-corrected chi connectivity index (χ2v) is 13.2. The van der Waals surface area contributed by atoms with Gasteiger partial charge in [0.1, 0.15) is 11.2 Å². The third-order valence-corrected chi connectivity index (χ3v) is 10.4. The quantitative estimate of drug-likeness (QED) is 0.179. The zero-order valence-corrected chi connectivity index (χ0v) is 27.4. The van der Waals surface area contributed by atoms with Crippen LogP contribution in [0.4, 0.5) is 11.6 Å². The van der Waals surface area contributed by atoms with Gasteiger partial charge in [-0.05, 0) is 39.3 Å². The fourth-order valence-electron chi connectivity index (χ4n) is 8.24. The van der Waals surface area contributed by atoms with E-state index in [2.05, 4.69) is 126 Å². The topological polar surface area (TPSA) is 42.2 Å². The normalized spacial score (nSPS) is 12.9. The highest BCUT2D eigenvalue weighted by Crippen LogP contribution is 2.52. The number of fused-ring (bicyclic) bond motifs is 13. The van der Waals surface area contributed by atoms with Gasteiger partial charge in [-0.3, -0.25) is 0 Å². The van der Waals surface area contributed by atoms with Crippen LogP contribution in [0.3, 0.4) is 0 Å². The van der Waals surface area contributed by atoms with Crippen LogP contribution in [-0.4, -0.2) is 16.8 Å². The van der Waals surface area contributed by atoms with E-state index in [-0.39, 0.29) is 0 Å². The molecule has 11 rings (SSSR count). The van der Waals surface area contributed by atoms with E-state index in [1.165, 1.54) is 0 Å². The number of hydrogen-bond acceptors (Lipinski definition) is 4. The summed E-state index contributed by atoms with van der Waals surface area (Å²) in [6.45, 7) is -0.427. The molecule has 5 heteroatoms. The second kappa shape index (κ2) is 10.9. The summed E-state index contributed by atoms with van der Waals surface area (Å²) in [5, 5.41) is 7.24. The van der Waals surface area contributed by atoms with E-state index < -0.39 is 6.85 Å². The fourth-order valence-corrected chi connectivity index (χ4v) is 8.24. The molecule has 3 heterocycles. The van der Waals surface area contributed by atoms with E-state index in [0.29, 0.717) is 12.0 Å². The summed E-state index contributed by atoms with van der Waals surface area (Å²) in [4.78, 5) is 13.2. The van der Waals surface area contributed by atoms with Gasteiger partial charge in [-0.2, -0.15) is 0 Å². The predicted molar refractivity (Wildman–Crippen MR) is 213 cm³/mol. The number of benzene rings is 8. The Morgan fingerprint density at radius 3 is 2.02 bits per heavy atom. The molecule has 10 aromatic rings. The SMILES string of the molecule is [2H]c1cc2ccccc2c2c1B(c1ccccc1)N(c1nc(-c3ccccc3)c3ccccc3n1)c1c-2c2ccccc2c2oc3ccccc3c12. The molecule has 0 radical (unpaired) electrons. The molecule has 0 aliphatic carbocycles. The van der Waals surface area contributed by atoms with Crippen LogP contribution in [0.1, 0.15) is 1.37 Å². The Morgan fingerprint density at radius 2 is 1.20 bits per heavy atom. The van der Waals surface area contributed by atoms with Gasteiger partial charge >= 0.3 is 6.85 Å². The van der Waals surface area contributed by atoms with E-state index in [0.717, 1.165) is 93.4 Å². The summed E-state index contributed by atoms with van der Waals surface area (Å²) in [6.07, 6.45) is 0. The van der Waals surface area contributed by atoms with Crippen molar-refractivity contribution in [3.8, 4) is 22.4 Å². The van der Waals surface area contributed by atoms with Gasteiger partial charge in [-0.25, -0.2) is 9.97 Å². The van der Waals surface area contributed by atoms with Crippen molar-refractivity contribution in [3.63, 3.8) is 0 Å². The van der Waals surface area contributed by atoms with Crippen molar-refractivity contribution in [2.24, 2.45) is 0 Å². The molecule has 236 valence electrons. The van der Waals surface area contributed by atoms with Gasteiger partial charge in [-0.1, -0.05) is 163 Å². The molecule has 8 aromatic carbocycles. The maximum absolute atomic E-state index is 9.80. The number of rotatable bonds is 3. The minimum absolute atomic E-state index is 0.427. The number of para-hydroxylation sites is 2.